The van der Waals surface area contributed by atoms with Crippen molar-refractivity contribution >= 4 is 23.6 Å². The van der Waals surface area contributed by atoms with Crippen LogP contribution in [0.3, 0.4) is 0 Å². The third kappa shape index (κ3) is 2.70. The first-order valence-electron chi connectivity index (χ1n) is 4.31. The molecule has 1 saturated heterocycles. The van der Waals surface area contributed by atoms with Crippen LogP contribution in [0.4, 0.5) is 0 Å². The molecule has 0 bridgehead atoms. The highest BCUT2D eigenvalue weighted by molar-refractivity contribution is 8.00. The molecule has 1 rings (SSSR count). The van der Waals surface area contributed by atoms with E-state index >= 15 is 0 Å². The van der Waals surface area contributed by atoms with Crippen LogP contribution in [0.5, 0.6) is 0 Å². The lowest BCUT2D eigenvalue weighted by molar-refractivity contribution is -0.142. The molecule has 1 unspecified atom stereocenters. The lowest BCUT2D eigenvalue weighted by Crippen LogP contribution is -2.48. The number of carbonyl (C=O) groups excluding carboxylic acids is 2. The van der Waals surface area contributed by atoms with Gasteiger partial charge < -0.3 is 5.73 Å². The Morgan fingerprint density at radius 2 is 2.00 bits per heavy atom. The Hall–Kier alpha value is -0.550. The zero-order chi connectivity index (χ0) is 9.84. The molecule has 0 aliphatic carbocycles. The van der Waals surface area contributed by atoms with Gasteiger partial charge in [0.25, 0.3) is 0 Å². The summed E-state index contributed by atoms with van der Waals surface area (Å²) in [5, 5.41) is 0. The van der Waals surface area contributed by atoms with E-state index in [2.05, 4.69) is 0 Å². The first kappa shape index (κ1) is 10.5. The van der Waals surface area contributed by atoms with Gasteiger partial charge in [0.1, 0.15) is 0 Å². The first-order chi connectivity index (χ1) is 6.15. The predicted octanol–water partition coefficient (Wildman–Crippen LogP) is -0.174. The second-order valence-corrected chi connectivity index (χ2v) is 4.04. The Morgan fingerprint density at radius 1 is 1.46 bits per heavy atom. The molecule has 4 nitrogen and oxygen atoms in total. The summed E-state index contributed by atoms with van der Waals surface area (Å²) in [6, 6.07) is -0.0870. The second kappa shape index (κ2) is 4.62. The molecule has 1 aliphatic heterocycles. The lowest BCUT2D eigenvalue weighted by Gasteiger charge is -2.26. The number of thioether (sulfide) groups is 1. The molecular formula is C8H14N2O2S. The zero-order valence-electron chi connectivity index (χ0n) is 7.66. The fourth-order valence-electron chi connectivity index (χ4n) is 1.09. The molecule has 1 aliphatic rings. The fraction of sp³-hybridized carbons (Fsp3) is 0.750. The number of hydrogen-bond acceptors (Lipinski definition) is 4. The average Bonchev–Trinajstić information content (AvgIpc) is 2.11. The van der Waals surface area contributed by atoms with E-state index in [0.717, 1.165) is 6.42 Å². The summed E-state index contributed by atoms with van der Waals surface area (Å²) in [6.07, 6.45) is 0.782. The molecule has 1 heterocycles. The highest BCUT2D eigenvalue weighted by Crippen LogP contribution is 2.12. The van der Waals surface area contributed by atoms with Crippen LogP contribution in [0.25, 0.3) is 0 Å². The summed E-state index contributed by atoms with van der Waals surface area (Å²) in [7, 11) is 0. The van der Waals surface area contributed by atoms with E-state index in [1.807, 2.05) is 6.92 Å². The number of nitrogens with two attached hydrogens (primary N) is 1. The highest BCUT2D eigenvalue weighted by Gasteiger charge is 2.26. The summed E-state index contributed by atoms with van der Waals surface area (Å²) in [4.78, 5) is 23.9. The Morgan fingerprint density at radius 3 is 2.46 bits per heavy atom. The molecule has 2 amide bonds. The van der Waals surface area contributed by atoms with Crippen molar-refractivity contribution < 1.29 is 9.59 Å². The number of hydrogen-bond donors (Lipinski definition) is 1. The van der Waals surface area contributed by atoms with E-state index in [1.165, 1.54) is 16.7 Å². The highest BCUT2D eigenvalue weighted by atomic mass is 32.2. The van der Waals surface area contributed by atoms with Gasteiger partial charge in [-0.2, -0.15) is 0 Å². The number of amides is 2. The quantitative estimate of drug-likeness (QED) is 0.645. The summed E-state index contributed by atoms with van der Waals surface area (Å²) in [6.45, 7) is 2.31. The maximum atomic E-state index is 11.3. The van der Waals surface area contributed by atoms with Crippen LogP contribution in [0.2, 0.25) is 0 Å². The summed E-state index contributed by atoms with van der Waals surface area (Å²) in [5.41, 5.74) is 5.68. The van der Waals surface area contributed by atoms with E-state index in [4.69, 9.17) is 5.73 Å². The lowest BCUT2D eigenvalue weighted by atomic mass is 10.2. The van der Waals surface area contributed by atoms with Gasteiger partial charge in [0, 0.05) is 12.6 Å². The zero-order valence-corrected chi connectivity index (χ0v) is 8.47. The van der Waals surface area contributed by atoms with Crippen molar-refractivity contribution in [3.05, 3.63) is 0 Å². The van der Waals surface area contributed by atoms with Gasteiger partial charge >= 0.3 is 0 Å². The Kier molecular flexibility index (Phi) is 3.74. The van der Waals surface area contributed by atoms with Crippen LogP contribution in [0.15, 0.2) is 0 Å². The van der Waals surface area contributed by atoms with Crippen molar-refractivity contribution in [2.75, 3.05) is 18.1 Å². The third-order valence-electron chi connectivity index (χ3n) is 1.99. The largest absolute Gasteiger partial charge is 0.326 e. The molecular weight excluding hydrogens is 188 g/mol. The summed E-state index contributed by atoms with van der Waals surface area (Å²) in [5.74, 6) is 0.597. The minimum absolute atomic E-state index is 0.0870. The average molecular weight is 202 g/mol. The number of rotatable bonds is 3. The predicted molar refractivity (Wildman–Crippen MR) is 52.3 cm³/mol. The van der Waals surface area contributed by atoms with E-state index in [0.29, 0.717) is 18.1 Å². The smallest absolute Gasteiger partial charge is 0.239 e. The van der Waals surface area contributed by atoms with Gasteiger partial charge in [-0.3, -0.25) is 14.5 Å². The van der Waals surface area contributed by atoms with Gasteiger partial charge in [-0.15, -0.1) is 11.8 Å². The molecule has 5 heteroatoms. The molecule has 1 atom stereocenters. The molecule has 0 aromatic carbocycles. The van der Waals surface area contributed by atoms with Gasteiger partial charge in [0.2, 0.25) is 11.8 Å². The van der Waals surface area contributed by atoms with Crippen molar-refractivity contribution in [1.82, 2.24) is 4.90 Å². The van der Waals surface area contributed by atoms with Crippen LogP contribution in [0.1, 0.15) is 13.3 Å². The minimum atomic E-state index is -0.106. The normalized spacial score (nSPS) is 20.6. The van der Waals surface area contributed by atoms with Crippen LogP contribution < -0.4 is 5.73 Å². The van der Waals surface area contributed by atoms with E-state index in [-0.39, 0.29) is 17.9 Å². The number of imide groups is 1. The molecule has 0 spiro atoms. The van der Waals surface area contributed by atoms with Crippen LogP contribution in [-0.2, 0) is 9.59 Å². The Bertz CT molecular complexity index is 204. The summed E-state index contributed by atoms with van der Waals surface area (Å²) < 4.78 is 0. The molecule has 0 aromatic heterocycles. The van der Waals surface area contributed by atoms with Crippen molar-refractivity contribution in [1.29, 1.82) is 0 Å². The SMILES string of the molecule is CCC(N)CN1C(=O)CSCC1=O. The third-order valence-corrected chi connectivity index (χ3v) is 2.90. The summed E-state index contributed by atoms with van der Waals surface area (Å²) >= 11 is 1.37. The van der Waals surface area contributed by atoms with Crippen molar-refractivity contribution in [3.8, 4) is 0 Å². The first-order valence-corrected chi connectivity index (χ1v) is 5.47. The Labute approximate surface area is 81.8 Å². The monoisotopic (exact) mass is 202 g/mol. The minimum Gasteiger partial charge on any atom is -0.326 e. The second-order valence-electron chi connectivity index (χ2n) is 3.06. The van der Waals surface area contributed by atoms with Gasteiger partial charge in [0.05, 0.1) is 11.5 Å². The fourth-order valence-corrected chi connectivity index (χ4v) is 1.85. The van der Waals surface area contributed by atoms with Gasteiger partial charge in [-0.05, 0) is 6.42 Å². The van der Waals surface area contributed by atoms with Crippen molar-refractivity contribution in [2.24, 2.45) is 5.73 Å². The van der Waals surface area contributed by atoms with Crippen LogP contribution in [0, 0.1) is 0 Å². The Balaban J connectivity index is 2.54. The van der Waals surface area contributed by atoms with Gasteiger partial charge in [-0.1, -0.05) is 6.92 Å². The standard InChI is InChI=1S/C8H14N2O2S/c1-2-6(9)3-10-7(11)4-13-5-8(10)12/h6H,2-5,9H2,1H3. The number of nitrogens with zero attached hydrogens (tertiary/aromatic N) is 1. The van der Waals surface area contributed by atoms with Crippen molar-refractivity contribution in [2.45, 2.75) is 19.4 Å². The van der Waals surface area contributed by atoms with Gasteiger partial charge in [-0.25, -0.2) is 0 Å². The molecule has 0 saturated carbocycles. The molecule has 1 fully saturated rings. The van der Waals surface area contributed by atoms with Crippen LogP contribution in [-0.4, -0.2) is 40.8 Å². The molecule has 74 valence electrons. The molecule has 13 heavy (non-hydrogen) atoms. The van der Waals surface area contributed by atoms with Gasteiger partial charge in [0.15, 0.2) is 0 Å². The molecule has 0 aromatic rings. The van der Waals surface area contributed by atoms with Crippen molar-refractivity contribution in [3.63, 3.8) is 0 Å². The molecule has 2 N–H and O–H groups in total. The van der Waals surface area contributed by atoms with E-state index in [1.54, 1.807) is 0 Å². The topological polar surface area (TPSA) is 63.4 Å². The van der Waals surface area contributed by atoms with E-state index in [9.17, 15) is 9.59 Å². The maximum Gasteiger partial charge on any atom is 0.239 e. The maximum absolute atomic E-state index is 11.3. The number of carbonyl (C=O) groups is 2. The van der Waals surface area contributed by atoms with E-state index < -0.39 is 0 Å². The van der Waals surface area contributed by atoms with Crippen LogP contribution >= 0.6 is 11.8 Å². The molecule has 0 radical (unpaired) electrons.